The second-order valence-electron chi connectivity index (χ2n) is 36.6. The molecule has 4 N–H and O–H groups in total. The van der Waals surface area contributed by atoms with E-state index in [0.717, 1.165) is 212 Å². The quantitative estimate of drug-likeness (QED) is 0.0391. The van der Waals surface area contributed by atoms with Gasteiger partial charge in [-0.1, -0.05) is 6.92 Å². The first-order valence-electron chi connectivity index (χ1n) is 47.8. The molecule has 744 valence electrons. The molecule has 43 heteroatoms. The van der Waals surface area contributed by atoms with Crippen LogP contribution in [-0.4, -0.2) is 310 Å². The number of anilines is 6. The monoisotopic (exact) mass is 1970 g/mol. The normalized spacial score (nSPS) is 15.7. The van der Waals surface area contributed by atoms with Crippen molar-refractivity contribution in [3.8, 4) is 74.4 Å². The second kappa shape index (κ2) is 44.2. The van der Waals surface area contributed by atoms with E-state index in [2.05, 4.69) is 159 Å². The average molecular weight is 1970 g/mol. The SMILES string of the molecule is CC(C)Oc1cc2c(-c3ccnc(N4CCN(S(C)(=O)=O)CC4)c3)n[nH]c2cn1.CC(C)Oc1cc2c(-c3ccnc(N4CCN(c5ccncn5)CC4)c3)n[nH]c2cn1.CC(C)Oc1cc2c(cn1)CN=C2c1cc(N2CCOCC2)ncn1.CCCS(=O)(=O)N1CCN(c2cc(-c3n[nH]c4cnc(OC(C)C)cc34)ccn2)CC1.COC1(C)CN(c2cc(-c3n[nH]c4cnc(OC(C)C)cc34)ccn2)C1. The maximum absolute atomic E-state index is 12.3. The van der Waals surface area contributed by atoms with E-state index in [1.807, 2.05) is 174 Å². The van der Waals surface area contributed by atoms with Crippen molar-refractivity contribution >= 4 is 104 Å². The Balaban J connectivity index is 0.000000122. The number of piperazine rings is 3. The van der Waals surface area contributed by atoms with Gasteiger partial charge in [-0.15, -0.1) is 0 Å². The number of rotatable bonds is 26. The molecule has 15 aromatic rings. The van der Waals surface area contributed by atoms with E-state index in [4.69, 9.17) is 33.2 Å². The van der Waals surface area contributed by atoms with Gasteiger partial charge in [0.15, 0.2) is 0 Å². The topological polar surface area (TPSA) is 453 Å². The number of nitrogens with one attached hydrogen (secondary N) is 4. The Hall–Kier alpha value is -14.4. The van der Waals surface area contributed by atoms with E-state index in [1.165, 1.54) is 10.6 Å². The second-order valence-corrected chi connectivity index (χ2v) is 40.7. The van der Waals surface area contributed by atoms with Crippen LogP contribution in [0.4, 0.5) is 34.9 Å². The Morgan fingerprint density at radius 2 is 0.739 bits per heavy atom. The number of methoxy groups -OCH3 is 1. The van der Waals surface area contributed by atoms with Crippen LogP contribution in [0.3, 0.4) is 0 Å². The van der Waals surface area contributed by atoms with Gasteiger partial charge in [0, 0.05) is 240 Å². The Bertz CT molecular complexity index is 7110. The zero-order chi connectivity index (χ0) is 99.4. The maximum atomic E-state index is 12.3. The van der Waals surface area contributed by atoms with E-state index in [0.29, 0.717) is 94.7 Å². The summed E-state index contributed by atoms with van der Waals surface area (Å²) in [5, 5.41) is 33.9. The molecule has 21 heterocycles. The number of nitrogens with zero attached hydrogens (tertiary/aromatic N) is 26. The number of H-pyrrole nitrogens is 4. The first kappa shape index (κ1) is 99.2. The number of pyridine rings is 9. The summed E-state index contributed by atoms with van der Waals surface area (Å²) in [5.74, 6) is 8.51. The minimum Gasteiger partial charge on any atom is -0.475 e. The van der Waals surface area contributed by atoms with Crippen molar-refractivity contribution in [2.75, 3.05) is 166 Å². The van der Waals surface area contributed by atoms with Crippen LogP contribution in [-0.2, 0) is 36.1 Å². The van der Waals surface area contributed by atoms with Gasteiger partial charge in [-0.3, -0.25) is 25.4 Å². The van der Waals surface area contributed by atoms with E-state index >= 15 is 0 Å². The van der Waals surface area contributed by atoms with Crippen LogP contribution in [0.15, 0.2) is 171 Å². The molecule has 0 aromatic carbocycles. The zero-order valence-corrected chi connectivity index (χ0v) is 83.9. The van der Waals surface area contributed by atoms with Gasteiger partial charge in [0.05, 0.1) is 126 Å². The van der Waals surface area contributed by atoms with Crippen molar-refractivity contribution in [2.24, 2.45) is 4.99 Å². The predicted molar refractivity (Wildman–Crippen MR) is 547 cm³/mol. The molecule has 15 aromatic heterocycles. The number of hydrogen-bond acceptors (Lipinski definition) is 35. The summed E-state index contributed by atoms with van der Waals surface area (Å²) in [6, 6.07) is 29.5. The van der Waals surface area contributed by atoms with Crippen molar-refractivity contribution in [3.05, 3.63) is 182 Å². The number of aliphatic imine (C=N–C) groups is 1. The van der Waals surface area contributed by atoms with Gasteiger partial charge in [-0.05, 0) is 137 Å². The molecular weight excluding hydrogens is 1850 g/mol. The van der Waals surface area contributed by atoms with E-state index in [9.17, 15) is 16.8 Å². The fraction of sp³-hybridized carbons (Fsp3) is 0.414. The third kappa shape index (κ3) is 24.1. The molecule has 6 aliphatic heterocycles. The van der Waals surface area contributed by atoms with Gasteiger partial charge in [-0.25, -0.2) is 81.6 Å². The molecule has 0 bridgehead atoms. The number of morpholine rings is 1. The van der Waals surface area contributed by atoms with Gasteiger partial charge >= 0.3 is 0 Å². The van der Waals surface area contributed by atoms with Gasteiger partial charge in [-0.2, -0.15) is 29.0 Å². The number of aromatic amines is 4. The molecule has 6 aliphatic rings. The third-order valence-corrected chi connectivity index (χ3v) is 27.6. The first-order valence-corrected chi connectivity index (χ1v) is 51.2. The molecule has 0 radical (unpaired) electrons. The molecule has 0 amide bonds. The van der Waals surface area contributed by atoms with Crippen LogP contribution in [0.25, 0.3) is 88.6 Å². The minimum atomic E-state index is -3.17. The van der Waals surface area contributed by atoms with Crippen molar-refractivity contribution in [2.45, 2.75) is 132 Å². The lowest BCUT2D eigenvalue weighted by molar-refractivity contribution is -0.0171. The summed E-state index contributed by atoms with van der Waals surface area (Å²) in [5.41, 5.74) is 14.4. The number of hydrogen-bond donors (Lipinski definition) is 4. The first-order chi connectivity index (χ1) is 68.5. The van der Waals surface area contributed by atoms with Crippen LogP contribution in [0.2, 0.25) is 0 Å². The summed E-state index contributed by atoms with van der Waals surface area (Å²) < 4.78 is 90.7. The van der Waals surface area contributed by atoms with Gasteiger partial charge in [0.1, 0.15) is 70.3 Å². The molecule has 5 saturated heterocycles. The lowest BCUT2D eigenvalue weighted by Gasteiger charge is -2.47. The number of ether oxygens (including phenoxy) is 7. The number of fused-ring (bicyclic) bond motifs is 5. The fourth-order valence-corrected chi connectivity index (χ4v) is 19.5. The Morgan fingerprint density at radius 1 is 0.387 bits per heavy atom. The van der Waals surface area contributed by atoms with Crippen molar-refractivity contribution in [1.82, 2.24) is 114 Å². The van der Waals surface area contributed by atoms with Crippen LogP contribution < -0.4 is 53.1 Å². The molecule has 0 unspecified atom stereocenters. The van der Waals surface area contributed by atoms with Gasteiger partial charge in [0.2, 0.25) is 49.4 Å². The van der Waals surface area contributed by atoms with Crippen molar-refractivity contribution in [3.63, 3.8) is 0 Å². The standard InChI is InChI=1S/C22H24N8O.C21H28N6O3S.C19H24N6O3S.C19H23N5O2.C18H21N5O2/c1-15(2)31-21-12-17-18(13-25-21)27-28-22(17)16-3-6-24-20(11-16)30-9-7-29(8-10-30)19-4-5-23-14-26-19;1-4-11-31(28,29)27-9-7-26(8-10-27)19-12-16(5-6-22-19)21-17-13-20(30-15(2)3)23-14-18(17)24-25-21;1-13(2)28-18-11-15-16(12-21-18)22-23-19(15)14-4-5-20-17(10-14)24-6-8-25(9-7-24)29(3,26)27;1-12(2)26-17-8-14-15(9-21-17)22-23-18(14)13-5-6-20-16(7-13)24-10-19(3,11-24)25-4;1-12(2)25-17-7-14-13(9-19-17)10-20-18(14)15-8-16(22-11-21-15)23-3-5-24-6-4-23/h3-6,11-15H,7-10H2,1-2H3,(H,27,28);5-6,12-15H,4,7-11H2,1-3H3,(H,24,25);4-5,10-13H,6-9H2,1-3H3,(H,22,23);5-9,12H,10-11H2,1-4H3,(H,22,23);7-9,11-12H,3-6,10H2,1-2H3. The summed E-state index contributed by atoms with van der Waals surface area (Å²) >= 11 is 0. The van der Waals surface area contributed by atoms with Crippen LogP contribution in [0.1, 0.15) is 106 Å². The summed E-state index contributed by atoms with van der Waals surface area (Å²) in [7, 11) is -4.57. The van der Waals surface area contributed by atoms with Gasteiger partial charge in [0.25, 0.3) is 0 Å². The molecule has 41 nitrogen and oxygen atoms in total. The number of aromatic nitrogens is 21. The third-order valence-electron chi connectivity index (χ3n) is 24.2. The predicted octanol–water partition coefficient (Wildman–Crippen LogP) is 12.4. The molecule has 0 aliphatic carbocycles. The van der Waals surface area contributed by atoms with Crippen molar-refractivity contribution in [1.29, 1.82) is 0 Å². The lowest BCUT2D eigenvalue weighted by atomic mass is 9.96. The molecule has 21 rings (SSSR count). The molecule has 5 fully saturated rings. The highest BCUT2D eigenvalue weighted by Gasteiger charge is 2.40. The highest BCUT2D eigenvalue weighted by molar-refractivity contribution is 7.89. The Morgan fingerprint density at radius 3 is 1.11 bits per heavy atom. The van der Waals surface area contributed by atoms with Crippen molar-refractivity contribution < 1.29 is 50.0 Å². The summed E-state index contributed by atoms with van der Waals surface area (Å²) in [4.78, 5) is 74.8. The Labute approximate surface area is 824 Å². The van der Waals surface area contributed by atoms with Gasteiger partial charge < -0.3 is 62.6 Å². The van der Waals surface area contributed by atoms with Crippen LogP contribution in [0, 0.1) is 0 Å². The zero-order valence-electron chi connectivity index (χ0n) is 82.3. The molecule has 142 heavy (non-hydrogen) atoms. The summed E-state index contributed by atoms with van der Waals surface area (Å²) in [6.45, 7) is 37.0. The molecule has 0 spiro atoms. The highest BCUT2D eigenvalue weighted by Crippen LogP contribution is 2.38. The van der Waals surface area contributed by atoms with Crippen LogP contribution in [0.5, 0.6) is 29.4 Å². The maximum Gasteiger partial charge on any atom is 0.214 e. The average Bonchev–Trinajstić information content (AvgIpc) is 0.968. The largest absolute Gasteiger partial charge is 0.475 e. The van der Waals surface area contributed by atoms with E-state index < -0.39 is 20.0 Å². The van der Waals surface area contributed by atoms with E-state index in [-0.39, 0.29) is 41.9 Å². The molecular formula is C99H120N30O11S2. The lowest BCUT2D eigenvalue weighted by Crippen LogP contribution is -2.61. The highest BCUT2D eigenvalue weighted by atomic mass is 32.2. The van der Waals surface area contributed by atoms with E-state index in [1.54, 1.807) is 67.4 Å². The fourth-order valence-electron chi connectivity index (χ4n) is 17.2. The Kier molecular flexibility index (Phi) is 30.9. The summed E-state index contributed by atoms with van der Waals surface area (Å²) in [6.07, 6.45) is 23.1. The number of sulfonamides is 2. The minimum absolute atomic E-state index is 0.0348. The molecule has 0 saturated carbocycles. The van der Waals surface area contributed by atoms with Crippen LogP contribution >= 0.6 is 0 Å². The smallest absolute Gasteiger partial charge is 0.214 e. The molecule has 0 atom stereocenters.